The third-order valence-electron chi connectivity index (χ3n) is 3.01. The molecule has 0 aliphatic carbocycles. The van der Waals surface area contributed by atoms with E-state index in [0.29, 0.717) is 0 Å². The molecule has 0 unspecified atom stereocenters. The zero-order valence-electron chi connectivity index (χ0n) is 11.7. The van der Waals surface area contributed by atoms with E-state index < -0.39 is 10.0 Å². The second-order valence-electron chi connectivity index (χ2n) is 4.56. The van der Waals surface area contributed by atoms with Crippen LogP contribution in [-0.2, 0) is 16.6 Å². The molecule has 2 rings (SSSR count). The van der Waals surface area contributed by atoms with Crippen LogP contribution in [0.1, 0.15) is 12.0 Å². The molecule has 1 aromatic carbocycles. The van der Waals surface area contributed by atoms with Crippen molar-refractivity contribution in [1.82, 2.24) is 9.29 Å². The van der Waals surface area contributed by atoms with Gasteiger partial charge in [-0.25, -0.2) is 8.42 Å². The van der Waals surface area contributed by atoms with Crippen LogP contribution >= 0.6 is 15.9 Å². The van der Waals surface area contributed by atoms with Gasteiger partial charge in [0.05, 0.1) is 11.0 Å². The summed E-state index contributed by atoms with van der Waals surface area (Å²) in [7, 11) is -3.65. The second-order valence-corrected chi connectivity index (χ2v) is 7.42. The van der Waals surface area contributed by atoms with Gasteiger partial charge in [0, 0.05) is 36.4 Å². The van der Waals surface area contributed by atoms with E-state index in [-0.39, 0.29) is 24.4 Å². The Bertz CT molecular complexity index is 756. The maximum Gasteiger partial charge on any atom is 0.243 e. The molecular weight excluding hydrogens is 366 g/mol. The topological polar surface area (TPSA) is 74.1 Å². The third-order valence-corrected chi connectivity index (χ3v) is 5.39. The molecule has 1 aromatic heterocycles. The lowest BCUT2D eigenvalue weighted by Gasteiger charge is -2.21. The molecule has 5 nitrogen and oxygen atoms in total. The number of nitriles is 1. The summed E-state index contributed by atoms with van der Waals surface area (Å²) < 4.78 is 27.6. The van der Waals surface area contributed by atoms with Gasteiger partial charge in [-0.2, -0.15) is 9.57 Å². The fourth-order valence-corrected chi connectivity index (χ4v) is 3.60. The van der Waals surface area contributed by atoms with Crippen LogP contribution in [0.2, 0.25) is 0 Å². The summed E-state index contributed by atoms with van der Waals surface area (Å²) >= 11 is 3.29. The van der Waals surface area contributed by atoms with E-state index in [1.54, 1.807) is 42.7 Å². The summed E-state index contributed by atoms with van der Waals surface area (Å²) in [5.74, 6) is 0. The van der Waals surface area contributed by atoms with Crippen molar-refractivity contribution in [2.45, 2.75) is 17.9 Å². The molecular formula is C15H14BrN3O2S. The molecule has 0 spiro atoms. The molecule has 0 radical (unpaired) electrons. The minimum atomic E-state index is -3.65. The monoisotopic (exact) mass is 379 g/mol. The summed E-state index contributed by atoms with van der Waals surface area (Å²) in [5, 5.41) is 8.76. The lowest BCUT2D eigenvalue weighted by molar-refractivity contribution is 0.413. The van der Waals surface area contributed by atoms with Gasteiger partial charge in [-0.15, -0.1) is 0 Å². The number of pyridine rings is 1. The largest absolute Gasteiger partial charge is 0.264 e. The van der Waals surface area contributed by atoms with Gasteiger partial charge in [0.25, 0.3) is 0 Å². The zero-order valence-corrected chi connectivity index (χ0v) is 14.1. The van der Waals surface area contributed by atoms with Crippen molar-refractivity contribution in [3.63, 3.8) is 0 Å². The van der Waals surface area contributed by atoms with Crippen molar-refractivity contribution in [1.29, 1.82) is 5.26 Å². The Morgan fingerprint density at radius 1 is 1.23 bits per heavy atom. The van der Waals surface area contributed by atoms with E-state index in [1.807, 2.05) is 12.1 Å². The van der Waals surface area contributed by atoms with Crippen LogP contribution in [0.25, 0.3) is 0 Å². The van der Waals surface area contributed by atoms with E-state index in [9.17, 15) is 8.42 Å². The van der Waals surface area contributed by atoms with Crippen LogP contribution < -0.4 is 0 Å². The van der Waals surface area contributed by atoms with Crippen LogP contribution in [0.15, 0.2) is 58.2 Å². The van der Waals surface area contributed by atoms with Crippen molar-refractivity contribution >= 4 is 26.0 Å². The Hall–Kier alpha value is -1.75. The molecule has 2 aromatic rings. The number of aromatic nitrogens is 1. The highest BCUT2D eigenvalue weighted by Crippen LogP contribution is 2.20. The Morgan fingerprint density at radius 2 is 1.95 bits per heavy atom. The van der Waals surface area contributed by atoms with Crippen LogP contribution in [0, 0.1) is 11.3 Å². The van der Waals surface area contributed by atoms with Gasteiger partial charge in [-0.1, -0.05) is 22.0 Å². The SMILES string of the molecule is N#CCCN(Cc1cccnc1)S(=O)(=O)c1ccc(Br)cc1. The molecule has 7 heteroatoms. The first-order chi connectivity index (χ1) is 10.5. The van der Waals surface area contributed by atoms with E-state index in [2.05, 4.69) is 20.9 Å². The van der Waals surface area contributed by atoms with Crippen LogP contribution in [0.5, 0.6) is 0 Å². The predicted molar refractivity (Wildman–Crippen MR) is 86.2 cm³/mol. The first-order valence-corrected chi connectivity index (χ1v) is 8.79. The van der Waals surface area contributed by atoms with Crippen molar-refractivity contribution in [3.05, 3.63) is 58.8 Å². The highest BCUT2D eigenvalue weighted by molar-refractivity contribution is 9.10. The molecule has 114 valence electrons. The van der Waals surface area contributed by atoms with Crippen molar-refractivity contribution in [2.24, 2.45) is 0 Å². The Balaban J connectivity index is 2.31. The number of benzene rings is 1. The maximum atomic E-state index is 12.7. The number of nitrogens with zero attached hydrogens (tertiary/aromatic N) is 3. The van der Waals surface area contributed by atoms with Crippen LogP contribution in [0.3, 0.4) is 0 Å². The number of hydrogen-bond donors (Lipinski definition) is 0. The normalized spacial score (nSPS) is 11.3. The first kappa shape index (κ1) is 16.6. The second kappa shape index (κ2) is 7.49. The van der Waals surface area contributed by atoms with Gasteiger partial charge in [-0.05, 0) is 35.9 Å². The lowest BCUT2D eigenvalue weighted by atomic mass is 10.3. The molecule has 0 saturated carbocycles. The van der Waals surface area contributed by atoms with Gasteiger partial charge in [-0.3, -0.25) is 4.98 Å². The molecule has 0 N–H and O–H groups in total. The number of halogens is 1. The highest BCUT2D eigenvalue weighted by atomic mass is 79.9. The van der Waals surface area contributed by atoms with Gasteiger partial charge in [0.1, 0.15) is 0 Å². The van der Waals surface area contributed by atoms with Gasteiger partial charge < -0.3 is 0 Å². The Morgan fingerprint density at radius 3 is 2.55 bits per heavy atom. The fraction of sp³-hybridized carbons (Fsp3) is 0.200. The molecule has 0 amide bonds. The first-order valence-electron chi connectivity index (χ1n) is 6.55. The zero-order chi connectivity index (χ0) is 16.0. The number of sulfonamides is 1. The fourth-order valence-electron chi connectivity index (χ4n) is 1.91. The molecule has 0 aliphatic heterocycles. The lowest BCUT2D eigenvalue weighted by Crippen LogP contribution is -2.31. The quantitative estimate of drug-likeness (QED) is 0.772. The summed E-state index contributed by atoms with van der Waals surface area (Å²) in [5.41, 5.74) is 0.779. The average Bonchev–Trinajstić information content (AvgIpc) is 2.52. The minimum Gasteiger partial charge on any atom is -0.264 e. The molecule has 0 saturated heterocycles. The van der Waals surface area contributed by atoms with E-state index in [1.165, 1.54) is 4.31 Å². The number of hydrogen-bond acceptors (Lipinski definition) is 4. The van der Waals surface area contributed by atoms with E-state index in [4.69, 9.17) is 5.26 Å². The Kier molecular flexibility index (Phi) is 5.66. The smallest absolute Gasteiger partial charge is 0.243 e. The number of rotatable bonds is 6. The maximum absolute atomic E-state index is 12.7. The third kappa shape index (κ3) is 4.13. The molecule has 0 aliphatic rings. The Labute approximate surface area is 138 Å². The average molecular weight is 380 g/mol. The molecule has 22 heavy (non-hydrogen) atoms. The minimum absolute atomic E-state index is 0.135. The van der Waals surface area contributed by atoms with Gasteiger partial charge in [0.2, 0.25) is 10.0 Å². The van der Waals surface area contributed by atoms with Crippen molar-refractivity contribution in [2.75, 3.05) is 6.54 Å². The predicted octanol–water partition coefficient (Wildman–Crippen LogP) is 2.95. The molecule has 1 heterocycles. The van der Waals surface area contributed by atoms with Crippen LogP contribution in [-0.4, -0.2) is 24.3 Å². The van der Waals surface area contributed by atoms with Crippen LogP contribution in [0.4, 0.5) is 0 Å². The van der Waals surface area contributed by atoms with Crippen molar-refractivity contribution < 1.29 is 8.42 Å². The summed E-state index contributed by atoms with van der Waals surface area (Å²) in [6.45, 7) is 0.331. The molecule has 0 atom stereocenters. The van der Waals surface area contributed by atoms with Gasteiger partial charge >= 0.3 is 0 Å². The standard InChI is InChI=1S/C15H14BrN3O2S/c16-14-4-6-15(7-5-14)22(20,21)19(10-2-8-17)12-13-3-1-9-18-11-13/h1,3-7,9,11H,2,10,12H2. The summed E-state index contributed by atoms with van der Waals surface area (Å²) in [6.07, 6.45) is 3.39. The molecule has 0 fully saturated rings. The van der Waals surface area contributed by atoms with Gasteiger partial charge in [0.15, 0.2) is 0 Å². The summed E-state index contributed by atoms with van der Waals surface area (Å²) in [6, 6.07) is 12.0. The molecule has 0 bridgehead atoms. The van der Waals surface area contributed by atoms with Crippen molar-refractivity contribution in [3.8, 4) is 6.07 Å². The highest BCUT2D eigenvalue weighted by Gasteiger charge is 2.24. The van der Waals surface area contributed by atoms with E-state index >= 15 is 0 Å². The van der Waals surface area contributed by atoms with E-state index in [0.717, 1.165) is 10.0 Å². The summed E-state index contributed by atoms with van der Waals surface area (Å²) in [4.78, 5) is 4.20.